The summed E-state index contributed by atoms with van der Waals surface area (Å²) in [7, 11) is -3.82. The minimum Gasteiger partial charge on any atom is -0.461 e. The summed E-state index contributed by atoms with van der Waals surface area (Å²) in [4.78, 5) is 14.3. The number of carbonyl (C=O) groups is 1. The Hall–Kier alpha value is -2.59. The minimum atomic E-state index is -3.82. The van der Waals surface area contributed by atoms with E-state index in [1.807, 2.05) is 4.90 Å². The zero-order chi connectivity index (χ0) is 28.6. The van der Waals surface area contributed by atoms with E-state index in [1.54, 1.807) is 31.4 Å². The van der Waals surface area contributed by atoms with Crippen LogP contribution in [0.15, 0.2) is 58.3 Å². The van der Waals surface area contributed by atoms with Crippen LogP contribution in [0, 0.1) is 11.2 Å². The standard InChI is InChI=1S/C29H37F2NO5S2/c1-5-8-14-29(15-9-6-2)19-32(22-12-10-21(30)11-13-22)24-16-26(38-4)25(17-27(24)39(34,35)20-29)37-18-23(31)28(33)36-7-3/h10-13,16-18H,5-9,14-15,19-20H2,1-4H3/b23-18-. The van der Waals surface area contributed by atoms with Gasteiger partial charge in [0.1, 0.15) is 17.8 Å². The summed E-state index contributed by atoms with van der Waals surface area (Å²) in [6.45, 7) is 6.19. The summed E-state index contributed by atoms with van der Waals surface area (Å²) < 4.78 is 66.3. The summed E-state index contributed by atoms with van der Waals surface area (Å²) in [5.41, 5.74) is 0.624. The molecule has 39 heavy (non-hydrogen) atoms. The maximum absolute atomic E-state index is 14.2. The van der Waals surface area contributed by atoms with E-state index in [4.69, 9.17) is 4.74 Å². The number of nitrogens with zero attached hydrogens (tertiary/aromatic N) is 1. The number of hydrogen-bond donors (Lipinski definition) is 0. The molecule has 1 aliphatic rings. The van der Waals surface area contributed by atoms with Gasteiger partial charge in [-0.1, -0.05) is 39.5 Å². The molecule has 0 spiro atoms. The van der Waals surface area contributed by atoms with Gasteiger partial charge in [0.25, 0.3) is 0 Å². The van der Waals surface area contributed by atoms with Crippen LogP contribution in [0.2, 0.25) is 0 Å². The third kappa shape index (κ3) is 7.54. The molecule has 0 aliphatic carbocycles. The van der Waals surface area contributed by atoms with Crippen LogP contribution in [0.3, 0.4) is 0 Å². The molecule has 1 aliphatic heterocycles. The minimum absolute atomic E-state index is 0.00424. The highest BCUT2D eigenvalue weighted by Gasteiger charge is 2.42. The number of carbonyl (C=O) groups excluding carboxylic acids is 1. The molecule has 3 rings (SSSR count). The van der Waals surface area contributed by atoms with Crippen molar-refractivity contribution in [3.63, 3.8) is 0 Å². The van der Waals surface area contributed by atoms with Crippen LogP contribution in [0.5, 0.6) is 5.75 Å². The van der Waals surface area contributed by atoms with Crippen LogP contribution in [-0.4, -0.2) is 39.5 Å². The van der Waals surface area contributed by atoms with E-state index < -0.39 is 27.0 Å². The van der Waals surface area contributed by atoms with E-state index >= 15 is 0 Å². The molecule has 1 heterocycles. The summed E-state index contributed by atoms with van der Waals surface area (Å²) in [5.74, 6) is -2.71. The molecule has 0 amide bonds. The fourth-order valence-corrected chi connectivity index (χ4v) is 7.59. The van der Waals surface area contributed by atoms with Gasteiger partial charge in [0, 0.05) is 23.7 Å². The summed E-state index contributed by atoms with van der Waals surface area (Å²) >= 11 is 1.30. The van der Waals surface area contributed by atoms with Crippen LogP contribution in [-0.2, 0) is 19.4 Å². The Labute approximate surface area is 234 Å². The molecule has 10 heteroatoms. The van der Waals surface area contributed by atoms with Gasteiger partial charge in [-0.2, -0.15) is 4.39 Å². The lowest BCUT2D eigenvalue weighted by atomic mass is 9.79. The molecule has 0 aromatic heterocycles. The van der Waals surface area contributed by atoms with E-state index in [9.17, 15) is 22.0 Å². The molecule has 0 unspecified atom stereocenters. The van der Waals surface area contributed by atoms with Crippen molar-refractivity contribution in [3.05, 3.63) is 54.3 Å². The summed E-state index contributed by atoms with van der Waals surface area (Å²) in [5, 5.41) is 0. The molecule has 0 saturated heterocycles. The normalized spacial score (nSPS) is 16.4. The molecule has 0 bridgehead atoms. The van der Waals surface area contributed by atoms with Crippen molar-refractivity contribution in [3.8, 4) is 5.75 Å². The number of anilines is 2. The Kier molecular flexibility index (Phi) is 10.8. The predicted octanol–water partition coefficient (Wildman–Crippen LogP) is 7.59. The van der Waals surface area contributed by atoms with Gasteiger partial charge in [-0.25, -0.2) is 17.6 Å². The Morgan fingerprint density at radius 2 is 1.74 bits per heavy atom. The molecule has 6 nitrogen and oxygen atoms in total. The van der Waals surface area contributed by atoms with Gasteiger partial charge in [-0.15, -0.1) is 11.8 Å². The van der Waals surface area contributed by atoms with E-state index in [-0.39, 0.29) is 28.8 Å². The first-order chi connectivity index (χ1) is 18.6. The number of thioether (sulfide) groups is 1. The van der Waals surface area contributed by atoms with Gasteiger partial charge in [0.05, 0.1) is 27.8 Å². The number of sulfone groups is 1. The van der Waals surface area contributed by atoms with Gasteiger partial charge in [-0.3, -0.25) is 0 Å². The average molecular weight is 582 g/mol. The van der Waals surface area contributed by atoms with Gasteiger partial charge in [0.2, 0.25) is 5.83 Å². The lowest BCUT2D eigenvalue weighted by molar-refractivity contribution is -0.140. The number of benzene rings is 2. The highest BCUT2D eigenvalue weighted by molar-refractivity contribution is 7.98. The van der Waals surface area contributed by atoms with Crippen molar-refractivity contribution in [2.75, 3.05) is 30.1 Å². The zero-order valence-electron chi connectivity index (χ0n) is 23.0. The molecule has 0 atom stereocenters. The van der Waals surface area contributed by atoms with E-state index in [0.29, 0.717) is 29.1 Å². The molecule has 0 radical (unpaired) electrons. The Bertz CT molecular complexity index is 1270. The first-order valence-electron chi connectivity index (χ1n) is 13.3. The van der Waals surface area contributed by atoms with Crippen LogP contribution < -0.4 is 9.64 Å². The van der Waals surface area contributed by atoms with Crippen molar-refractivity contribution < 1.29 is 31.5 Å². The number of rotatable bonds is 12. The number of unbranched alkanes of at least 4 members (excludes halogenated alkanes) is 2. The van der Waals surface area contributed by atoms with E-state index in [2.05, 4.69) is 18.6 Å². The quantitative estimate of drug-likeness (QED) is 0.111. The predicted molar refractivity (Wildman–Crippen MR) is 152 cm³/mol. The smallest absolute Gasteiger partial charge is 0.370 e. The third-order valence-electron chi connectivity index (χ3n) is 6.88. The molecular formula is C29H37F2NO5S2. The fourth-order valence-electron chi connectivity index (χ4n) is 4.94. The first-order valence-corrected chi connectivity index (χ1v) is 16.1. The largest absolute Gasteiger partial charge is 0.461 e. The Balaban J connectivity index is 2.21. The van der Waals surface area contributed by atoms with Crippen molar-refractivity contribution >= 4 is 38.9 Å². The van der Waals surface area contributed by atoms with Gasteiger partial charge in [0.15, 0.2) is 9.84 Å². The van der Waals surface area contributed by atoms with Crippen LogP contribution in [0.25, 0.3) is 0 Å². The van der Waals surface area contributed by atoms with Crippen molar-refractivity contribution in [1.29, 1.82) is 0 Å². The maximum atomic E-state index is 14.2. The van der Waals surface area contributed by atoms with Crippen molar-refractivity contribution in [2.45, 2.75) is 69.1 Å². The highest BCUT2D eigenvalue weighted by Crippen LogP contribution is 2.47. The van der Waals surface area contributed by atoms with Crippen LogP contribution >= 0.6 is 11.8 Å². The molecular weight excluding hydrogens is 544 g/mol. The topological polar surface area (TPSA) is 72.9 Å². The van der Waals surface area contributed by atoms with E-state index in [0.717, 1.165) is 38.5 Å². The number of fused-ring (bicyclic) bond motifs is 1. The summed E-state index contributed by atoms with van der Waals surface area (Å²) in [6.07, 6.45) is 7.54. The number of hydrogen-bond acceptors (Lipinski definition) is 7. The number of ether oxygens (including phenoxy) is 2. The first kappa shape index (κ1) is 30.9. The second-order valence-electron chi connectivity index (χ2n) is 9.80. The van der Waals surface area contributed by atoms with Crippen LogP contribution in [0.4, 0.5) is 20.2 Å². The second-order valence-corrected chi connectivity index (χ2v) is 12.6. The van der Waals surface area contributed by atoms with Crippen LogP contribution in [0.1, 0.15) is 59.3 Å². The van der Waals surface area contributed by atoms with Gasteiger partial charge in [-0.05, 0) is 56.4 Å². The Morgan fingerprint density at radius 1 is 1.10 bits per heavy atom. The maximum Gasteiger partial charge on any atom is 0.370 e. The molecule has 2 aromatic carbocycles. The molecule has 0 N–H and O–H groups in total. The molecule has 0 saturated carbocycles. The van der Waals surface area contributed by atoms with Crippen molar-refractivity contribution in [2.24, 2.45) is 5.41 Å². The third-order valence-corrected chi connectivity index (χ3v) is 9.63. The monoisotopic (exact) mass is 581 g/mol. The number of halogens is 2. The average Bonchev–Trinajstić information content (AvgIpc) is 3.01. The fraction of sp³-hybridized carbons (Fsp3) is 0.483. The molecule has 214 valence electrons. The van der Waals surface area contributed by atoms with Crippen molar-refractivity contribution in [1.82, 2.24) is 0 Å². The zero-order valence-corrected chi connectivity index (χ0v) is 24.6. The summed E-state index contributed by atoms with van der Waals surface area (Å²) in [6, 6.07) is 9.15. The Morgan fingerprint density at radius 3 is 2.31 bits per heavy atom. The van der Waals surface area contributed by atoms with E-state index in [1.165, 1.54) is 30.0 Å². The second kappa shape index (κ2) is 13.7. The SMILES string of the molecule is CCCCC1(CCCC)CN(c2ccc(F)cc2)c2cc(SC)c(O/C=C(\F)C(=O)OCC)cc2S(=O)(=O)C1. The molecule has 0 fully saturated rings. The number of esters is 1. The molecule has 2 aromatic rings. The lowest BCUT2D eigenvalue weighted by Gasteiger charge is -2.37. The lowest BCUT2D eigenvalue weighted by Crippen LogP contribution is -2.38. The highest BCUT2D eigenvalue weighted by atomic mass is 32.2. The van der Waals surface area contributed by atoms with Gasteiger partial charge < -0.3 is 14.4 Å². The van der Waals surface area contributed by atoms with Gasteiger partial charge >= 0.3 is 5.97 Å².